The molecule has 2 heterocycles. The molecule has 17 heavy (non-hydrogen) atoms. The Balaban J connectivity index is 1.93. The molecule has 96 valence electrons. The Labute approximate surface area is 101 Å². The number of hydrogen-bond donors (Lipinski definition) is 1. The van der Waals surface area contributed by atoms with Gasteiger partial charge in [0.25, 0.3) is 0 Å². The van der Waals surface area contributed by atoms with Gasteiger partial charge in [-0.3, -0.25) is 4.79 Å². The highest BCUT2D eigenvalue weighted by molar-refractivity contribution is 5.81. The second-order valence-electron chi connectivity index (χ2n) is 5.83. The van der Waals surface area contributed by atoms with Crippen LogP contribution in [-0.2, 0) is 9.53 Å². The zero-order valence-corrected chi connectivity index (χ0v) is 10.7. The van der Waals surface area contributed by atoms with Gasteiger partial charge in [0.15, 0.2) is 0 Å². The predicted octanol–water partition coefficient (Wildman–Crippen LogP) is 0.989. The lowest BCUT2D eigenvalue weighted by Gasteiger charge is -2.34. The molecule has 0 bridgehead atoms. The predicted molar refractivity (Wildman–Crippen MR) is 62.4 cm³/mol. The van der Waals surface area contributed by atoms with E-state index >= 15 is 0 Å². The zero-order chi connectivity index (χ0) is 12.6. The summed E-state index contributed by atoms with van der Waals surface area (Å²) in [6, 6.07) is 0. The van der Waals surface area contributed by atoms with Crippen LogP contribution in [0, 0.1) is 11.8 Å². The van der Waals surface area contributed by atoms with Gasteiger partial charge in [-0.25, -0.2) is 4.79 Å². The van der Waals surface area contributed by atoms with Gasteiger partial charge in [0.1, 0.15) is 5.60 Å². The van der Waals surface area contributed by atoms with Crippen molar-refractivity contribution in [3.8, 4) is 0 Å². The van der Waals surface area contributed by atoms with E-state index in [0.717, 1.165) is 6.42 Å². The fourth-order valence-electron chi connectivity index (χ4n) is 2.44. The summed E-state index contributed by atoms with van der Waals surface area (Å²) in [6.45, 7) is 7.50. The van der Waals surface area contributed by atoms with Crippen LogP contribution in [0.25, 0.3) is 0 Å². The van der Waals surface area contributed by atoms with Crippen molar-refractivity contribution in [2.24, 2.45) is 11.8 Å². The number of nitrogens with zero attached hydrogens (tertiary/aromatic N) is 1. The number of rotatable bonds is 0. The Morgan fingerprint density at radius 1 is 1.47 bits per heavy atom. The molecular formula is C12H20N2O3. The molecule has 2 aliphatic heterocycles. The molecule has 1 N–H and O–H groups in total. The van der Waals surface area contributed by atoms with Crippen LogP contribution in [0.4, 0.5) is 4.79 Å². The second kappa shape index (κ2) is 4.20. The number of likely N-dealkylation sites (tertiary alicyclic amines) is 1. The van der Waals surface area contributed by atoms with E-state index in [4.69, 9.17) is 4.74 Å². The zero-order valence-electron chi connectivity index (χ0n) is 10.7. The summed E-state index contributed by atoms with van der Waals surface area (Å²) in [5.41, 5.74) is -0.461. The molecule has 0 aromatic carbocycles. The maximum atomic E-state index is 11.9. The molecule has 0 radical (unpaired) electrons. The first-order chi connectivity index (χ1) is 7.87. The molecule has 0 spiro atoms. The molecule has 0 unspecified atom stereocenters. The van der Waals surface area contributed by atoms with E-state index in [0.29, 0.717) is 19.6 Å². The Morgan fingerprint density at radius 2 is 2.18 bits per heavy atom. The Morgan fingerprint density at radius 3 is 2.82 bits per heavy atom. The van der Waals surface area contributed by atoms with Crippen LogP contribution in [0.3, 0.4) is 0 Å². The molecule has 2 saturated heterocycles. The van der Waals surface area contributed by atoms with Crippen molar-refractivity contribution in [1.29, 1.82) is 0 Å². The summed E-state index contributed by atoms with van der Waals surface area (Å²) in [4.78, 5) is 25.1. The van der Waals surface area contributed by atoms with Gasteiger partial charge in [0.2, 0.25) is 5.91 Å². The molecule has 5 nitrogen and oxygen atoms in total. The van der Waals surface area contributed by atoms with Crippen molar-refractivity contribution < 1.29 is 14.3 Å². The molecule has 0 aliphatic carbocycles. The Bertz CT molecular complexity index is 335. The monoisotopic (exact) mass is 240 g/mol. The molecular weight excluding hydrogens is 220 g/mol. The summed E-state index contributed by atoms with van der Waals surface area (Å²) in [5, 5.41) is 2.85. The quantitative estimate of drug-likeness (QED) is 0.687. The van der Waals surface area contributed by atoms with E-state index in [1.807, 2.05) is 20.8 Å². The number of piperidine rings is 1. The normalized spacial score (nSPS) is 28.6. The number of carbonyl (C=O) groups is 2. The minimum Gasteiger partial charge on any atom is -0.444 e. The van der Waals surface area contributed by atoms with Crippen LogP contribution < -0.4 is 5.32 Å². The third-order valence-corrected chi connectivity index (χ3v) is 3.26. The van der Waals surface area contributed by atoms with Crippen molar-refractivity contribution in [3.63, 3.8) is 0 Å². The van der Waals surface area contributed by atoms with Crippen molar-refractivity contribution >= 4 is 12.0 Å². The molecule has 5 heteroatoms. The summed E-state index contributed by atoms with van der Waals surface area (Å²) in [7, 11) is 0. The first-order valence-electron chi connectivity index (χ1n) is 6.12. The third-order valence-electron chi connectivity index (χ3n) is 3.26. The lowest BCUT2D eigenvalue weighted by atomic mass is 9.88. The Hall–Kier alpha value is -1.26. The largest absolute Gasteiger partial charge is 0.444 e. The highest BCUT2D eigenvalue weighted by atomic mass is 16.6. The van der Waals surface area contributed by atoms with E-state index < -0.39 is 5.60 Å². The molecule has 0 saturated carbocycles. The van der Waals surface area contributed by atoms with Gasteiger partial charge < -0.3 is 15.0 Å². The van der Waals surface area contributed by atoms with Crippen LogP contribution in [0.1, 0.15) is 27.2 Å². The maximum absolute atomic E-state index is 11.9. The van der Waals surface area contributed by atoms with Crippen LogP contribution >= 0.6 is 0 Å². The number of ether oxygens (including phenoxy) is 1. The topological polar surface area (TPSA) is 58.6 Å². The molecule has 0 aromatic heterocycles. The van der Waals surface area contributed by atoms with E-state index in [-0.39, 0.29) is 23.8 Å². The second-order valence-corrected chi connectivity index (χ2v) is 5.83. The lowest BCUT2D eigenvalue weighted by molar-refractivity contribution is -0.124. The molecule has 2 aliphatic rings. The first kappa shape index (κ1) is 12.2. The van der Waals surface area contributed by atoms with Gasteiger partial charge in [-0.2, -0.15) is 0 Å². The van der Waals surface area contributed by atoms with Crippen molar-refractivity contribution in [1.82, 2.24) is 10.2 Å². The fourth-order valence-corrected chi connectivity index (χ4v) is 2.44. The standard InChI is InChI=1S/C12H20N2O3/c1-12(2,3)17-11(16)14-5-4-9-8(7-14)6-13-10(9)15/h8-9H,4-7H2,1-3H3,(H,13,15)/t8-,9+/m1/s1. The number of hydrogen-bond acceptors (Lipinski definition) is 3. The highest BCUT2D eigenvalue weighted by Crippen LogP contribution is 2.28. The van der Waals surface area contributed by atoms with E-state index in [1.54, 1.807) is 4.90 Å². The molecule has 2 amide bonds. The lowest BCUT2D eigenvalue weighted by Crippen LogP contribution is -2.46. The summed E-state index contributed by atoms with van der Waals surface area (Å²) >= 11 is 0. The molecule has 0 aromatic rings. The third kappa shape index (κ3) is 2.70. The molecule has 2 fully saturated rings. The Kier molecular flexibility index (Phi) is 3.02. The van der Waals surface area contributed by atoms with Crippen LogP contribution in [0.2, 0.25) is 0 Å². The molecule has 2 rings (SSSR count). The highest BCUT2D eigenvalue weighted by Gasteiger charge is 2.40. The van der Waals surface area contributed by atoms with Crippen molar-refractivity contribution in [2.45, 2.75) is 32.8 Å². The SMILES string of the molecule is CC(C)(C)OC(=O)N1CC[C@@H]2C(=O)NC[C@@H]2C1. The van der Waals surface area contributed by atoms with E-state index in [1.165, 1.54) is 0 Å². The average Bonchev–Trinajstić information content (AvgIpc) is 2.57. The number of amides is 2. The smallest absolute Gasteiger partial charge is 0.410 e. The van der Waals surface area contributed by atoms with Crippen LogP contribution in [0.5, 0.6) is 0 Å². The van der Waals surface area contributed by atoms with Crippen LogP contribution in [0.15, 0.2) is 0 Å². The average molecular weight is 240 g/mol. The van der Waals surface area contributed by atoms with Gasteiger partial charge >= 0.3 is 6.09 Å². The van der Waals surface area contributed by atoms with Gasteiger partial charge in [0, 0.05) is 31.5 Å². The van der Waals surface area contributed by atoms with Gasteiger partial charge in [-0.1, -0.05) is 0 Å². The summed E-state index contributed by atoms with van der Waals surface area (Å²) < 4.78 is 5.33. The van der Waals surface area contributed by atoms with Crippen molar-refractivity contribution in [2.75, 3.05) is 19.6 Å². The van der Waals surface area contributed by atoms with Gasteiger partial charge in [-0.15, -0.1) is 0 Å². The van der Waals surface area contributed by atoms with E-state index in [9.17, 15) is 9.59 Å². The number of carbonyl (C=O) groups excluding carboxylic acids is 2. The van der Waals surface area contributed by atoms with Gasteiger partial charge in [0.05, 0.1) is 0 Å². The summed E-state index contributed by atoms with van der Waals surface area (Å²) in [6.07, 6.45) is 0.478. The number of nitrogens with one attached hydrogen (secondary N) is 1. The van der Waals surface area contributed by atoms with E-state index in [2.05, 4.69) is 5.32 Å². The van der Waals surface area contributed by atoms with Crippen molar-refractivity contribution in [3.05, 3.63) is 0 Å². The minimum atomic E-state index is -0.461. The fraction of sp³-hybridized carbons (Fsp3) is 0.833. The maximum Gasteiger partial charge on any atom is 0.410 e. The van der Waals surface area contributed by atoms with Crippen LogP contribution in [-0.4, -0.2) is 42.1 Å². The first-order valence-corrected chi connectivity index (χ1v) is 6.12. The molecule has 2 atom stereocenters. The minimum absolute atomic E-state index is 0.0914. The number of fused-ring (bicyclic) bond motifs is 1. The summed E-state index contributed by atoms with van der Waals surface area (Å²) in [5.74, 6) is 0.483. The van der Waals surface area contributed by atoms with Gasteiger partial charge in [-0.05, 0) is 27.2 Å².